The maximum absolute atomic E-state index is 12.1. The first-order valence-corrected chi connectivity index (χ1v) is 17.1. The number of nitrogens with zero attached hydrogens (tertiary/aromatic N) is 7. The van der Waals surface area contributed by atoms with Gasteiger partial charge in [0, 0.05) is 48.4 Å². The zero-order valence-corrected chi connectivity index (χ0v) is 32.8. The lowest BCUT2D eigenvalue weighted by atomic mass is 10.0. The Morgan fingerprint density at radius 2 is 1.91 bits per heavy atom. The summed E-state index contributed by atoms with van der Waals surface area (Å²) >= 11 is 6.55. The Bertz CT molecular complexity index is 1690. The summed E-state index contributed by atoms with van der Waals surface area (Å²) in [6.45, 7) is 13.2. The van der Waals surface area contributed by atoms with Gasteiger partial charge in [-0.05, 0) is 71.3 Å². The molecule has 2 aliphatic rings. The fourth-order valence-corrected chi connectivity index (χ4v) is 6.60. The summed E-state index contributed by atoms with van der Waals surface area (Å²) in [5.41, 5.74) is 9.36. The predicted molar refractivity (Wildman–Crippen MR) is 220 cm³/mol. The Morgan fingerprint density at radius 3 is 2.53 bits per heavy atom. The number of likely N-dealkylation sites (N-methyl/N-ethyl adjacent to an activating group) is 3. The van der Waals surface area contributed by atoms with Gasteiger partial charge in [-0.2, -0.15) is 50.1 Å². The minimum absolute atomic E-state index is 0. The maximum atomic E-state index is 12.1. The van der Waals surface area contributed by atoms with E-state index < -0.39 is 12.7 Å². The van der Waals surface area contributed by atoms with Crippen molar-refractivity contribution in [3.63, 3.8) is 0 Å². The van der Waals surface area contributed by atoms with Crippen molar-refractivity contribution < 1.29 is 22.7 Å². The lowest BCUT2D eigenvalue weighted by Gasteiger charge is -2.31. The molecule has 0 saturated carbocycles. The molecule has 0 unspecified atom stereocenters. The van der Waals surface area contributed by atoms with Gasteiger partial charge in [-0.25, -0.2) is 6.57 Å². The number of nitrogens with two attached hydrogens (primary N) is 1. The zero-order chi connectivity index (χ0) is 36.4. The SMILES string of the molecule is C.CN1CCC[C@H]1COc1nc(N)c2c(n1)CN(c1cccc3cccc(Cl)c13)CC2.S.S.[C-]#[N+]C[C@@H](C)N(CC)C(=O)/C=C/CN(C)CC(F)(F)F. The van der Waals surface area contributed by atoms with Crippen LogP contribution in [-0.4, -0.2) is 109 Å². The van der Waals surface area contributed by atoms with E-state index in [0.717, 1.165) is 63.6 Å². The molecule has 1 amide bonds. The number of aromatic nitrogens is 2. The van der Waals surface area contributed by atoms with Crippen LogP contribution in [0.25, 0.3) is 15.6 Å². The molecule has 0 spiro atoms. The predicted octanol–water partition coefficient (Wildman–Crippen LogP) is 6.96. The Hall–Kier alpha value is -3.42. The van der Waals surface area contributed by atoms with Crippen LogP contribution in [0, 0.1) is 6.57 Å². The van der Waals surface area contributed by atoms with Crippen molar-refractivity contribution in [2.75, 3.05) is 70.6 Å². The summed E-state index contributed by atoms with van der Waals surface area (Å²) in [4.78, 5) is 31.5. The lowest BCUT2D eigenvalue weighted by molar-refractivity contribution is -0.141. The highest BCUT2D eigenvalue weighted by Gasteiger charge is 2.29. The number of anilines is 2. The first kappa shape index (κ1) is 47.6. The number of benzene rings is 2. The summed E-state index contributed by atoms with van der Waals surface area (Å²) in [5.74, 6) is 0.245. The van der Waals surface area contributed by atoms with Crippen LogP contribution >= 0.6 is 38.6 Å². The second kappa shape index (κ2) is 22.1. The first-order chi connectivity index (χ1) is 23.8. The number of nitrogen functional groups attached to an aromatic ring is 1. The molecule has 0 bridgehead atoms. The standard InChI is InChI=1S/C23H26ClN5O.C13H20F3N3O.CH4.2H2S/c1-28-11-4-7-16(28)14-30-23-26-19-13-29(12-10-17(19)22(25)27-23)20-9-3-6-15-5-2-8-18(24)21(15)20;1-5-19(11(2)9-17-3)12(20)7-6-8-18(4)10-13(14,15)16;;;/h2-3,5-6,8-9,16H,4,7,10-14H2,1H3,(H2,25,26,27);6-7,11H,5,8-10H2,1-2,4H3;1H4;2*1H2/b;7-6+;;;/t16-;11-;;;/m01.../s1. The molecule has 5 rings (SSSR count). The summed E-state index contributed by atoms with van der Waals surface area (Å²) < 4.78 is 42.2. The Morgan fingerprint density at radius 1 is 1.21 bits per heavy atom. The Labute approximate surface area is 331 Å². The number of rotatable bonds is 11. The number of fused-ring (bicyclic) bond motifs is 2. The molecule has 16 heteroatoms. The number of ether oxygens (including phenoxy) is 1. The summed E-state index contributed by atoms with van der Waals surface area (Å²) in [6.07, 6.45) is 1.57. The second-order valence-electron chi connectivity index (χ2n) is 12.7. The van der Waals surface area contributed by atoms with Crippen molar-refractivity contribution in [3.05, 3.63) is 76.2 Å². The average molecular weight is 799 g/mol. The van der Waals surface area contributed by atoms with Crippen LogP contribution in [0.1, 0.15) is 45.4 Å². The van der Waals surface area contributed by atoms with Gasteiger partial charge in [0.05, 0.1) is 23.8 Å². The van der Waals surface area contributed by atoms with E-state index in [4.69, 9.17) is 33.6 Å². The van der Waals surface area contributed by atoms with Gasteiger partial charge in [-0.1, -0.05) is 49.4 Å². The van der Waals surface area contributed by atoms with E-state index in [9.17, 15) is 18.0 Å². The van der Waals surface area contributed by atoms with Crippen LogP contribution < -0.4 is 15.4 Å². The molecule has 2 N–H and O–H groups in total. The second-order valence-corrected chi connectivity index (χ2v) is 13.1. The molecule has 0 aliphatic carbocycles. The normalized spacial score (nSPS) is 16.0. The van der Waals surface area contributed by atoms with Gasteiger partial charge < -0.3 is 30.0 Å². The monoisotopic (exact) mass is 798 g/mol. The molecule has 3 aromatic rings. The van der Waals surface area contributed by atoms with Crippen molar-refractivity contribution in [2.24, 2.45) is 0 Å². The van der Waals surface area contributed by atoms with Crippen LogP contribution in [0.5, 0.6) is 6.01 Å². The molecule has 0 radical (unpaired) electrons. The lowest BCUT2D eigenvalue weighted by Crippen LogP contribution is -2.39. The molecule has 2 atom stereocenters. The molecule has 2 aliphatic heterocycles. The molecule has 3 heterocycles. The summed E-state index contributed by atoms with van der Waals surface area (Å²) in [5, 5.41) is 2.98. The maximum Gasteiger partial charge on any atom is 0.401 e. The van der Waals surface area contributed by atoms with Gasteiger partial charge in [0.2, 0.25) is 12.5 Å². The van der Waals surface area contributed by atoms with Gasteiger partial charge in [-0.15, -0.1) is 0 Å². The van der Waals surface area contributed by atoms with Crippen LogP contribution in [0.2, 0.25) is 5.02 Å². The van der Waals surface area contributed by atoms with Gasteiger partial charge in [0.1, 0.15) is 18.5 Å². The van der Waals surface area contributed by atoms with Gasteiger partial charge in [0.25, 0.3) is 0 Å². The molecule has 294 valence electrons. The van der Waals surface area contributed by atoms with E-state index in [0.29, 0.717) is 37.6 Å². The zero-order valence-electron chi connectivity index (χ0n) is 30.1. The van der Waals surface area contributed by atoms with E-state index in [1.165, 1.54) is 30.5 Å². The van der Waals surface area contributed by atoms with Crippen molar-refractivity contribution in [1.29, 1.82) is 0 Å². The van der Waals surface area contributed by atoms with E-state index in [1.807, 2.05) is 12.1 Å². The summed E-state index contributed by atoms with van der Waals surface area (Å²) in [6, 6.07) is 12.9. The highest BCUT2D eigenvalue weighted by molar-refractivity contribution is 7.59. The Kier molecular flexibility index (Phi) is 19.8. The molecular weight excluding hydrogens is 745 g/mol. The van der Waals surface area contributed by atoms with Gasteiger partial charge in [0.15, 0.2) is 0 Å². The third-order valence-corrected chi connectivity index (χ3v) is 9.28. The third kappa shape index (κ3) is 13.4. The fourth-order valence-electron chi connectivity index (χ4n) is 6.32. The van der Waals surface area contributed by atoms with E-state index in [1.54, 1.807) is 13.8 Å². The Balaban J connectivity index is 0.000000544. The minimum atomic E-state index is -4.24. The number of amides is 1. The highest BCUT2D eigenvalue weighted by atomic mass is 35.5. The van der Waals surface area contributed by atoms with Crippen LogP contribution in [0.3, 0.4) is 0 Å². The van der Waals surface area contributed by atoms with E-state index in [2.05, 4.69) is 50.9 Å². The molecule has 1 aromatic heterocycles. The van der Waals surface area contributed by atoms with E-state index >= 15 is 0 Å². The van der Waals surface area contributed by atoms with Crippen molar-refractivity contribution in [2.45, 2.75) is 65.3 Å². The van der Waals surface area contributed by atoms with Gasteiger partial charge in [-0.3, -0.25) is 9.69 Å². The van der Waals surface area contributed by atoms with Crippen molar-refractivity contribution in [1.82, 2.24) is 24.7 Å². The number of likely N-dealkylation sites (tertiary alicyclic amines) is 1. The van der Waals surface area contributed by atoms with E-state index in [-0.39, 0.29) is 59.5 Å². The van der Waals surface area contributed by atoms with Crippen molar-refractivity contribution >= 4 is 66.8 Å². The quantitative estimate of drug-likeness (QED) is 0.165. The number of alkyl halides is 3. The average Bonchev–Trinajstić information content (AvgIpc) is 3.47. The molecule has 53 heavy (non-hydrogen) atoms. The van der Waals surface area contributed by atoms with Crippen LogP contribution in [-0.2, 0) is 17.8 Å². The smallest absolute Gasteiger partial charge is 0.401 e. The molecular formula is C37H54ClF3N8O2S2. The largest absolute Gasteiger partial charge is 0.462 e. The number of carbonyl (C=O) groups is 1. The molecule has 10 nitrogen and oxygen atoms in total. The highest BCUT2D eigenvalue weighted by Crippen LogP contribution is 2.36. The molecule has 1 fully saturated rings. The molecule has 2 aromatic carbocycles. The fraction of sp³-hybridized carbons (Fsp3) is 0.514. The van der Waals surface area contributed by atoms with Crippen LogP contribution in [0.4, 0.5) is 24.7 Å². The minimum Gasteiger partial charge on any atom is -0.462 e. The first-order valence-electron chi connectivity index (χ1n) is 16.8. The third-order valence-electron chi connectivity index (χ3n) is 8.96. The number of hydrogen-bond donors (Lipinski definition) is 1. The van der Waals surface area contributed by atoms with Crippen molar-refractivity contribution in [3.8, 4) is 6.01 Å². The number of halogens is 4. The summed E-state index contributed by atoms with van der Waals surface area (Å²) in [7, 11) is 3.47. The van der Waals surface area contributed by atoms with Gasteiger partial charge >= 0.3 is 12.2 Å². The topological polar surface area (TPSA) is 95.4 Å². The van der Waals surface area contributed by atoms with Crippen LogP contribution in [0.15, 0.2) is 48.6 Å². The molecule has 1 saturated heterocycles. The number of hydrogen-bond acceptors (Lipinski definition) is 8. The number of carbonyl (C=O) groups excluding carboxylic acids is 1.